The summed E-state index contributed by atoms with van der Waals surface area (Å²) in [4.78, 5) is 11.9. The quantitative estimate of drug-likeness (QED) is 0.765. The Morgan fingerprint density at radius 3 is 2.35 bits per heavy atom. The molecule has 2 N–H and O–H groups in total. The van der Waals surface area contributed by atoms with Gasteiger partial charge >= 0.3 is 6.03 Å². The summed E-state index contributed by atoms with van der Waals surface area (Å²) in [6.07, 6.45) is 0. The van der Waals surface area contributed by atoms with Crippen LogP contribution in [-0.2, 0) is 12.0 Å². The molecule has 0 saturated heterocycles. The largest absolute Gasteiger partial charge is 0.497 e. The molecule has 140 valence electrons. The minimum absolute atomic E-state index is 0.0298. The van der Waals surface area contributed by atoms with Gasteiger partial charge in [0.05, 0.1) is 7.11 Å². The van der Waals surface area contributed by atoms with Crippen molar-refractivity contribution in [2.24, 2.45) is 0 Å². The minimum Gasteiger partial charge on any atom is -0.497 e. The fourth-order valence-corrected chi connectivity index (χ4v) is 2.52. The molecule has 2 aromatic carbocycles. The highest BCUT2D eigenvalue weighted by molar-refractivity contribution is 5.73. The van der Waals surface area contributed by atoms with Gasteiger partial charge in [0.25, 0.3) is 0 Å². The SMILES string of the molecule is COc1ccc(CNC(=O)NCOc2ccc(C)cc2C(C)(C)C)cc1. The smallest absolute Gasteiger partial charge is 0.317 e. The summed E-state index contributed by atoms with van der Waals surface area (Å²) < 4.78 is 10.9. The van der Waals surface area contributed by atoms with Crippen molar-refractivity contribution in [2.45, 2.75) is 39.7 Å². The van der Waals surface area contributed by atoms with Gasteiger partial charge in [0, 0.05) is 6.54 Å². The van der Waals surface area contributed by atoms with Gasteiger partial charge in [-0.15, -0.1) is 0 Å². The van der Waals surface area contributed by atoms with Crippen LogP contribution in [0.25, 0.3) is 0 Å². The number of aryl methyl sites for hydroxylation is 1. The summed E-state index contributed by atoms with van der Waals surface area (Å²) in [6.45, 7) is 9.04. The van der Waals surface area contributed by atoms with Crippen molar-refractivity contribution in [3.63, 3.8) is 0 Å². The summed E-state index contributed by atoms with van der Waals surface area (Å²) >= 11 is 0. The summed E-state index contributed by atoms with van der Waals surface area (Å²) in [6, 6.07) is 13.4. The molecule has 0 radical (unpaired) electrons. The van der Waals surface area contributed by atoms with Crippen LogP contribution in [0, 0.1) is 6.92 Å². The first-order valence-corrected chi connectivity index (χ1v) is 8.68. The second kappa shape index (κ2) is 8.61. The number of carbonyl (C=O) groups is 1. The zero-order chi connectivity index (χ0) is 19.2. The summed E-state index contributed by atoms with van der Waals surface area (Å²) in [5.41, 5.74) is 3.28. The third kappa shape index (κ3) is 5.69. The highest BCUT2D eigenvalue weighted by Gasteiger charge is 2.19. The van der Waals surface area contributed by atoms with Crippen molar-refractivity contribution >= 4 is 6.03 Å². The topological polar surface area (TPSA) is 59.6 Å². The lowest BCUT2D eigenvalue weighted by Gasteiger charge is -2.23. The minimum atomic E-state index is -0.273. The van der Waals surface area contributed by atoms with Gasteiger partial charge in [0.15, 0.2) is 6.73 Å². The van der Waals surface area contributed by atoms with Crippen molar-refractivity contribution in [1.29, 1.82) is 0 Å². The first-order valence-electron chi connectivity index (χ1n) is 8.68. The molecular formula is C21H28N2O3. The van der Waals surface area contributed by atoms with Crippen molar-refractivity contribution in [3.05, 3.63) is 59.2 Å². The molecule has 0 aliphatic rings. The number of benzene rings is 2. The van der Waals surface area contributed by atoms with Gasteiger partial charge in [-0.1, -0.05) is 50.6 Å². The maximum Gasteiger partial charge on any atom is 0.317 e. The Balaban J connectivity index is 1.83. The molecule has 2 amide bonds. The Morgan fingerprint density at radius 1 is 1.04 bits per heavy atom. The van der Waals surface area contributed by atoms with Gasteiger partial charge in [-0.25, -0.2) is 4.79 Å². The lowest BCUT2D eigenvalue weighted by Crippen LogP contribution is -2.37. The number of nitrogens with one attached hydrogen (secondary N) is 2. The van der Waals surface area contributed by atoms with E-state index in [-0.39, 0.29) is 18.2 Å². The zero-order valence-electron chi connectivity index (χ0n) is 16.2. The normalized spacial score (nSPS) is 11.0. The zero-order valence-corrected chi connectivity index (χ0v) is 16.2. The number of amides is 2. The molecule has 0 fully saturated rings. The molecular weight excluding hydrogens is 328 g/mol. The molecule has 0 unspecified atom stereocenters. The number of methoxy groups -OCH3 is 1. The van der Waals surface area contributed by atoms with E-state index in [1.54, 1.807) is 7.11 Å². The summed E-state index contributed by atoms with van der Waals surface area (Å²) in [7, 11) is 1.62. The van der Waals surface area contributed by atoms with Crippen LogP contribution in [0.5, 0.6) is 11.5 Å². The van der Waals surface area contributed by atoms with Gasteiger partial charge in [0.2, 0.25) is 0 Å². The van der Waals surface area contributed by atoms with Gasteiger partial charge in [-0.3, -0.25) is 0 Å². The van der Waals surface area contributed by atoms with E-state index in [0.717, 1.165) is 22.6 Å². The van der Waals surface area contributed by atoms with E-state index in [2.05, 4.69) is 44.4 Å². The maximum atomic E-state index is 11.9. The van der Waals surface area contributed by atoms with Gasteiger partial charge < -0.3 is 20.1 Å². The van der Waals surface area contributed by atoms with E-state index in [0.29, 0.717) is 6.54 Å². The van der Waals surface area contributed by atoms with E-state index < -0.39 is 0 Å². The molecule has 5 nitrogen and oxygen atoms in total. The monoisotopic (exact) mass is 356 g/mol. The molecule has 0 aromatic heterocycles. The Hall–Kier alpha value is -2.69. The standard InChI is InChI=1S/C21H28N2O3/c1-15-6-11-19(18(12-15)21(2,3)4)26-14-23-20(24)22-13-16-7-9-17(25-5)10-8-16/h6-12H,13-14H2,1-5H3,(H2,22,23,24). The Labute approximate surface area is 155 Å². The first kappa shape index (κ1) is 19.6. The molecule has 0 saturated carbocycles. The first-order chi connectivity index (χ1) is 12.3. The number of rotatable bonds is 6. The highest BCUT2D eigenvalue weighted by Crippen LogP contribution is 2.31. The highest BCUT2D eigenvalue weighted by atomic mass is 16.5. The Morgan fingerprint density at radius 2 is 1.73 bits per heavy atom. The third-order valence-corrected chi connectivity index (χ3v) is 4.02. The fourth-order valence-electron chi connectivity index (χ4n) is 2.52. The van der Waals surface area contributed by atoms with E-state index in [4.69, 9.17) is 9.47 Å². The predicted octanol–water partition coefficient (Wildman–Crippen LogP) is 4.14. The van der Waals surface area contributed by atoms with Gasteiger partial charge in [-0.05, 0) is 41.7 Å². The molecule has 0 atom stereocenters. The molecule has 2 rings (SSSR count). The number of hydrogen-bond acceptors (Lipinski definition) is 3. The number of carbonyl (C=O) groups excluding carboxylic acids is 1. The third-order valence-electron chi connectivity index (χ3n) is 4.02. The summed E-state index contributed by atoms with van der Waals surface area (Å²) in [5, 5.41) is 5.53. The fraction of sp³-hybridized carbons (Fsp3) is 0.381. The van der Waals surface area contributed by atoms with Crippen molar-refractivity contribution in [2.75, 3.05) is 13.8 Å². The van der Waals surface area contributed by atoms with Crippen LogP contribution in [0.4, 0.5) is 4.79 Å². The Kier molecular flexibility index (Phi) is 6.50. The average molecular weight is 356 g/mol. The van der Waals surface area contributed by atoms with Crippen molar-refractivity contribution < 1.29 is 14.3 Å². The van der Waals surface area contributed by atoms with E-state index in [9.17, 15) is 4.79 Å². The number of hydrogen-bond donors (Lipinski definition) is 2. The van der Waals surface area contributed by atoms with Crippen LogP contribution in [0.2, 0.25) is 0 Å². The van der Waals surface area contributed by atoms with Crippen LogP contribution >= 0.6 is 0 Å². The van der Waals surface area contributed by atoms with E-state index in [1.807, 2.05) is 36.4 Å². The molecule has 0 aliphatic carbocycles. The van der Waals surface area contributed by atoms with Gasteiger partial charge in [-0.2, -0.15) is 0 Å². The van der Waals surface area contributed by atoms with E-state index >= 15 is 0 Å². The van der Waals surface area contributed by atoms with E-state index in [1.165, 1.54) is 5.56 Å². The second-order valence-corrected chi connectivity index (χ2v) is 7.25. The van der Waals surface area contributed by atoms with Crippen molar-refractivity contribution in [3.8, 4) is 11.5 Å². The van der Waals surface area contributed by atoms with Crippen LogP contribution in [0.15, 0.2) is 42.5 Å². The molecule has 0 heterocycles. The molecule has 0 bridgehead atoms. The van der Waals surface area contributed by atoms with Crippen LogP contribution in [-0.4, -0.2) is 19.9 Å². The molecule has 0 aliphatic heterocycles. The average Bonchev–Trinajstić information content (AvgIpc) is 2.60. The molecule has 2 aromatic rings. The molecule has 0 spiro atoms. The second-order valence-electron chi connectivity index (χ2n) is 7.25. The van der Waals surface area contributed by atoms with Gasteiger partial charge in [0.1, 0.15) is 11.5 Å². The lowest BCUT2D eigenvalue weighted by molar-refractivity contribution is 0.222. The van der Waals surface area contributed by atoms with Crippen LogP contribution in [0.1, 0.15) is 37.5 Å². The Bertz CT molecular complexity index is 734. The lowest BCUT2D eigenvalue weighted by atomic mass is 9.85. The predicted molar refractivity (Wildman–Crippen MR) is 104 cm³/mol. The van der Waals surface area contributed by atoms with Crippen molar-refractivity contribution in [1.82, 2.24) is 10.6 Å². The number of ether oxygens (including phenoxy) is 2. The maximum absolute atomic E-state index is 11.9. The number of urea groups is 1. The summed E-state index contributed by atoms with van der Waals surface area (Å²) in [5.74, 6) is 1.58. The van der Waals surface area contributed by atoms with Crippen LogP contribution in [0.3, 0.4) is 0 Å². The molecule has 26 heavy (non-hydrogen) atoms. The molecule has 5 heteroatoms. The van der Waals surface area contributed by atoms with Crippen LogP contribution < -0.4 is 20.1 Å².